The molecule has 0 radical (unpaired) electrons. The summed E-state index contributed by atoms with van der Waals surface area (Å²) in [4.78, 5) is 16.8. The fourth-order valence-corrected chi connectivity index (χ4v) is 6.12. The molecule has 2 heterocycles. The molecule has 0 N–H and O–H groups in total. The Hall–Kier alpha value is -2.41. The third-order valence-electron chi connectivity index (χ3n) is 6.97. The van der Waals surface area contributed by atoms with Gasteiger partial charge in [0.2, 0.25) is 10.0 Å². The second-order valence-corrected chi connectivity index (χ2v) is 12.4. The third-order valence-corrected chi connectivity index (χ3v) is 9.01. The molecule has 14 heteroatoms. The van der Waals surface area contributed by atoms with E-state index in [4.69, 9.17) is 27.9 Å². The molecule has 4 rings (SSSR count). The summed E-state index contributed by atoms with van der Waals surface area (Å²) in [7, 11) is -3.33. The minimum Gasteiger partial charge on any atom is -0.490 e. The van der Waals surface area contributed by atoms with Crippen molar-refractivity contribution < 1.29 is 35.9 Å². The van der Waals surface area contributed by atoms with Gasteiger partial charge in [-0.1, -0.05) is 29.3 Å². The van der Waals surface area contributed by atoms with E-state index >= 15 is 0 Å². The Balaban J connectivity index is 1.50. The zero-order chi connectivity index (χ0) is 28.5. The average molecular weight is 610 g/mol. The molecule has 2 aromatic rings. The van der Waals surface area contributed by atoms with Gasteiger partial charge in [-0.25, -0.2) is 13.2 Å². The Kier molecular flexibility index (Phi) is 8.79. The normalized spacial score (nSPS) is 21.6. The van der Waals surface area contributed by atoms with Crippen molar-refractivity contribution in [1.29, 1.82) is 0 Å². The number of alkyl halides is 3. The Bertz CT molecular complexity index is 1290. The van der Waals surface area contributed by atoms with Crippen LogP contribution in [-0.2, 0) is 10.0 Å². The molecule has 0 bridgehead atoms. The lowest BCUT2D eigenvalue weighted by Gasteiger charge is -2.35. The monoisotopic (exact) mass is 609 g/mol. The van der Waals surface area contributed by atoms with E-state index in [0.29, 0.717) is 28.9 Å². The maximum atomic E-state index is 13.4. The number of benzene rings is 2. The summed E-state index contributed by atoms with van der Waals surface area (Å²) in [6, 6.07) is 10.2. The van der Waals surface area contributed by atoms with Gasteiger partial charge in [0.1, 0.15) is 17.6 Å². The average Bonchev–Trinajstić information content (AvgIpc) is 3.31. The fourth-order valence-electron chi connectivity index (χ4n) is 4.99. The van der Waals surface area contributed by atoms with Gasteiger partial charge in [0.25, 0.3) is 0 Å². The second-order valence-electron chi connectivity index (χ2n) is 9.62. The Morgan fingerprint density at radius 1 is 0.949 bits per heavy atom. The van der Waals surface area contributed by atoms with Gasteiger partial charge in [-0.2, -0.15) is 4.31 Å². The van der Waals surface area contributed by atoms with Gasteiger partial charge in [-0.05, 0) is 48.9 Å². The van der Waals surface area contributed by atoms with Crippen LogP contribution in [0.25, 0.3) is 0 Å². The first kappa shape index (κ1) is 29.6. The van der Waals surface area contributed by atoms with Gasteiger partial charge >= 0.3 is 12.4 Å². The lowest BCUT2D eigenvalue weighted by molar-refractivity contribution is -0.274. The van der Waals surface area contributed by atoms with Crippen LogP contribution in [-0.4, -0.2) is 86.5 Å². The summed E-state index contributed by atoms with van der Waals surface area (Å²) in [5.74, 6) is -0.352. The molecule has 0 saturated carbocycles. The molecule has 0 aliphatic carbocycles. The van der Waals surface area contributed by atoms with Crippen molar-refractivity contribution in [2.45, 2.75) is 25.3 Å². The van der Waals surface area contributed by atoms with Crippen LogP contribution in [0.3, 0.4) is 0 Å². The zero-order valence-corrected chi connectivity index (χ0v) is 23.5. The van der Waals surface area contributed by atoms with Gasteiger partial charge in [-0.3, -0.25) is 0 Å². The van der Waals surface area contributed by atoms with E-state index in [2.05, 4.69) is 4.74 Å². The van der Waals surface area contributed by atoms with Crippen LogP contribution in [0.5, 0.6) is 11.5 Å². The Morgan fingerprint density at radius 2 is 1.56 bits per heavy atom. The van der Waals surface area contributed by atoms with Crippen molar-refractivity contribution in [2.75, 3.05) is 45.5 Å². The Labute approximate surface area is 235 Å². The standard InChI is InChI=1S/C25H28Cl2F3N3O5S/c1-16(37-18-4-6-19(7-5-18)38-25(28,29)30)20-14-32(15-21(20)17-3-8-22(26)23(27)13-17)24(34)31-9-11-33(12-10-31)39(2,35)36/h3-8,13,16,20-21H,9-12,14-15H2,1-2H3/t16-,20?,21?/m1/s1. The first-order valence-corrected chi connectivity index (χ1v) is 14.8. The smallest absolute Gasteiger partial charge is 0.490 e. The number of likely N-dealkylation sites (tertiary alicyclic amines) is 1. The molecule has 8 nitrogen and oxygen atoms in total. The van der Waals surface area contributed by atoms with Gasteiger partial charge in [-0.15, -0.1) is 13.2 Å². The largest absolute Gasteiger partial charge is 0.573 e. The topological polar surface area (TPSA) is 79.4 Å². The van der Waals surface area contributed by atoms with E-state index in [1.807, 2.05) is 13.0 Å². The van der Waals surface area contributed by atoms with E-state index in [9.17, 15) is 26.4 Å². The molecule has 2 amide bonds. The van der Waals surface area contributed by atoms with Gasteiger partial charge in [0, 0.05) is 51.1 Å². The van der Waals surface area contributed by atoms with E-state index in [0.717, 1.165) is 11.8 Å². The molecule has 2 unspecified atom stereocenters. The highest BCUT2D eigenvalue weighted by molar-refractivity contribution is 7.88. The highest BCUT2D eigenvalue weighted by Gasteiger charge is 2.42. The predicted octanol–water partition coefficient (Wildman–Crippen LogP) is 5.07. The fraction of sp³-hybridized carbons (Fsp3) is 0.480. The number of ether oxygens (including phenoxy) is 2. The number of halogens is 5. The molecule has 0 aromatic heterocycles. The molecule has 2 fully saturated rings. The van der Waals surface area contributed by atoms with Gasteiger partial charge < -0.3 is 19.3 Å². The quantitative estimate of drug-likeness (QED) is 0.457. The lowest BCUT2D eigenvalue weighted by atomic mass is 9.85. The van der Waals surface area contributed by atoms with Gasteiger partial charge in [0.15, 0.2) is 0 Å². The van der Waals surface area contributed by atoms with E-state index in [1.165, 1.54) is 28.6 Å². The van der Waals surface area contributed by atoms with Crippen molar-refractivity contribution in [3.63, 3.8) is 0 Å². The van der Waals surface area contributed by atoms with Crippen molar-refractivity contribution in [2.24, 2.45) is 5.92 Å². The number of carbonyl (C=O) groups is 1. The molecule has 0 spiro atoms. The van der Waals surface area contributed by atoms with E-state index < -0.39 is 22.5 Å². The molecule has 2 aromatic carbocycles. The van der Waals surface area contributed by atoms with Crippen molar-refractivity contribution in [1.82, 2.24) is 14.1 Å². The SMILES string of the molecule is C[C@@H](Oc1ccc(OC(F)(F)F)cc1)C1CN(C(=O)N2CCN(S(C)(=O)=O)CC2)CC1c1ccc(Cl)c(Cl)c1. The number of amides is 2. The van der Waals surface area contributed by atoms with Crippen molar-refractivity contribution in [3.05, 3.63) is 58.1 Å². The van der Waals surface area contributed by atoms with Crippen LogP contribution in [0, 0.1) is 5.92 Å². The molecule has 2 aliphatic rings. The first-order chi connectivity index (χ1) is 18.2. The number of carbonyl (C=O) groups excluding carboxylic acids is 1. The number of sulfonamides is 1. The highest BCUT2D eigenvalue weighted by atomic mass is 35.5. The molecule has 2 aliphatic heterocycles. The number of hydrogen-bond acceptors (Lipinski definition) is 5. The lowest BCUT2D eigenvalue weighted by Crippen LogP contribution is -2.53. The number of hydrogen-bond donors (Lipinski definition) is 0. The summed E-state index contributed by atoms with van der Waals surface area (Å²) in [6.07, 6.45) is -4.07. The molecule has 2 saturated heterocycles. The number of urea groups is 1. The summed E-state index contributed by atoms with van der Waals surface area (Å²) in [6.45, 7) is 3.59. The van der Waals surface area contributed by atoms with E-state index in [1.54, 1.807) is 21.9 Å². The molecular weight excluding hydrogens is 582 g/mol. The van der Waals surface area contributed by atoms with Crippen molar-refractivity contribution >= 4 is 39.3 Å². The summed E-state index contributed by atoms with van der Waals surface area (Å²) in [5.41, 5.74) is 0.871. The maximum absolute atomic E-state index is 13.4. The van der Waals surface area contributed by atoms with Gasteiger partial charge in [0.05, 0.1) is 16.3 Å². The van der Waals surface area contributed by atoms with Crippen LogP contribution in [0.15, 0.2) is 42.5 Å². The molecule has 3 atom stereocenters. The minimum atomic E-state index is -4.79. The summed E-state index contributed by atoms with van der Waals surface area (Å²) >= 11 is 12.4. The highest BCUT2D eigenvalue weighted by Crippen LogP contribution is 2.39. The van der Waals surface area contributed by atoms with Crippen LogP contribution in [0.4, 0.5) is 18.0 Å². The van der Waals surface area contributed by atoms with Crippen molar-refractivity contribution in [3.8, 4) is 11.5 Å². The third kappa shape index (κ3) is 7.41. The number of rotatable bonds is 6. The number of nitrogens with zero attached hydrogens (tertiary/aromatic N) is 3. The second kappa shape index (κ2) is 11.6. The molecule has 39 heavy (non-hydrogen) atoms. The summed E-state index contributed by atoms with van der Waals surface area (Å²) < 4.78 is 72.5. The molecule has 214 valence electrons. The summed E-state index contributed by atoms with van der Waals surface area (Å²) in [5, 5.41) is 0.778. The van der Waals surface area contributed by atoms with E-state index in [-0.39, 0.29) is 49.8 Å². The van der Waals surface area contributed by atoms with Crippen LogP contribution in [0.1, 0.15) is 18.4 Å². The van der Waals surface area contributed by atoms with Crippen LogP contribution < -0.4 is 9.47 Å². The number of piperazine rings is 1. The predicted molar refractivity (Wildman–Crippen MR) is 141 cm³/mol. The maximum Gasteiger partial charge on any atom is 0.573 e. The van der Waals surface area contributed by atoms with Crippen LogP contribution >= 0.6 is 23.2 Å². The minimum absolute atomic E-state index is 0.163. The molecular formula is C25H28Cl2F3N3O5S. The zero-order valence-electron chi connectivity index (χ0n) is 21.2. The first-order valence-electron chi connectivity index (χ1n) is 12.2. The Morgan fingerprint density at radius 3 is 2.13 bits per heavy atom. The van der Waals surface area contributed by atoms with Crippen LogP contribution in [0.2, 0.25) is 10.0 Å².